The Morgan fingerprint density at radius 2 is 1.71 bits per heavy atom. The van der Waals surface area contributed by atoms with Gasteiger partial charge in [0.15, 0.2) is 0 Å². The van der Waals surface area contributed by atoms with Gasteiger partial charge in [-0.1, -0.05) is 25.4 Å². The maximum atomic E-state index is 12.6. The maximum Gasteiger partial charge on any atom is 0.251 e. The topological polar surface area (TPSA) is 78.5 Å². The molecule has 1 atom stereocenters. The van der Waals surface area contributed by atoms with Crippen LogP contribution in [-0.2, 0) is 9.59 Å². The van der Waals surface area contributed by atoms with Crippen molar-refractivity contribution in [1.82, 2.24) is 15.5 Å². The molecular formula is C21H30ClN3O3. The van der Waals surface area contributed by atoms with E-state index >= 15 is 0 Å². The summed E-state index contributed by atoms with van der Waals surface area (Å²) in [6.07, 6.45) is 4.07. The number of amides is 3. The van der Waals surface area contributed by atoms with E-state index in [0.717, 1.165) is 25.9 Å². The van der Waals surface area contributed by atoms with Crippen LogP contribution in [0.5, 0.6) is 0 Å². The van der Waals surface area contributed by atoms with Crippen LogP contribution in [0.3, 0.4) is 0 Å². The van der Waals surface area contributed by atoms with Gasteiger partial charge in [0.2, 0.25) is 11.8 Å². The van der Waals surface area contributed by atoms with E-state index < -0.39 is 6.04 Å². The summed E-state index contributed by atoms with van der Waals surface area (Å²) in [6.45, 7) is 5.88. The van der Waals surface area contributed by atoms with E-state index in [9.17, 15) is 14.4 Å². The largest absolute Gasteiger partial charge is 0.354 e. The zero-order valence-corrected chi connectivity index (χ0v) is 17.4. The third-order valence-electron chi connectivity index (χ3n) is 4.78. The molecule has 1 saturated heterocycles. The lowest BCUT2D eigenvalue weighted by Gasteiger charge is -2.27. The Hall–Kier alpha value is -2.08. The van der Waals surface area contributed by atoms with Gasteiger partial charge in [-0.15, -0.1) is 0 Å². The number of nitrogens with one attached hydrogen (secondary N) is 2. The standard InChI is InChI=1S/C21H30ClN3O3/c1-15(2)14-18(24-20(27)16-6-8-17(22)9-7-16)21(28)23-11-10-19(26)25-12-4-3-5-13-25/h6-9,15,18H,3-5,10-14H2,1-2H3,(H,23,28)(H,24,27). The van der Waals surface area contributed by atoms with Gasteiger partial charge >= 0.3 is 0 Å². The monoisotopic (exact) mass is 407 g/mol. The quantitative estimate of drug-likeness (QED) is 0.695. The van der Waals surface area contributed by atoms with Gasteiger partial charge in [-0.05, 0) is 55.9 Å². The second-order valence-electron chi connectivity index (χ2n) is 7.64. The number of carbonyl (C=O) groups excluding carboxylic acids is 3. The van der Waals surface area contributed by atoms with Gasteiger partial charge in [-0.3, -0.25) is 14.4 Å². The van der Waals surface area contributed by atoms with Crippen LogP contribution in [0.15, 0.2) is 24.3 Å². The number of benzene rings is 1. The molecule has 1 aromatic rings. The molecule has 1 unspecified atom stereocenters. The molecule has 0 bridgehead atoms. The smallest absolute Gasteiger partial charge is 0.251 e. The van der Waals surface area contributed by atoms with Crippen molar-refractivity contribution in [3.05, 3.63) is 34.9 Å². The summed E-state index contributed by atoms with van der Waals surface area (Å²) in [5.74, 6) is -0.272. The van der Waals surface area contributed by atoms with Gasteiger partial charge in [0.05, 0.1) is 0 Å². The lowest BCUT2D eigenvalue weighted by molar-refractivity contribution is -0.132. The van der Waals surface area contributed by atoms with Crippen molar-refractivity contribution in [3.8, 4) is 0 Å². The van der Waals surface area contributed by atoms with E-state index in [-0.39, 0.29) is 36.6 Å². The normalized spacial score (nSPS) is 15.2. The van der Waals surface area contributed by atoms with Crippen molar-refractivity contribution in [2.45, 2.75) is 52.0 Å². The van der Waals surface area contributed by atoms with Crippen molar-refractivity contribution >= 4 is 29.3 Å². The third kappa shape index (κ3) is 7.15. The first-order valence-corrected chi connectivity index (χ1v) is 10.4. The van der Waals surface area contributed by atoms with E-state index in [0.29, 0.717) is 17.0 Å². The molecule has 28 heavy (non-hydrogen) atoms. The van der Waals surface area contributed by atoms with Crippen molar-refractivity contribution < 1.29 is 14.4 Å². The Kier molecular flexibility index (Phi) is 8.77. The van der Waals surface area contributed by atoms with Gasteiger partial charge in [-0.25, -0.2) is 0 Å². The number of carbonyl (C=O) groups is 3. The molecule has 1 aliphatic rings. The molecule has 2 N–H and O–H groups in total. The Morgan fingerprint density at radius 1 is 1.07 bits per heavy atom. The molecular weight excluding hydrogens is 378 g/mol. The van der Waals surface area contributed by atoms with Crippen molar-refractivity contribution in [3.63, 3.8) is 0 Å². The Morgan fingerprint density at radius 3 is 2.32 bits per heavy atom. The molecule has 6 nitrogen and oxygen atoms in total. The summed E-state index contributed by atoms with van der Waals surface area (Å²) in [5.41, 5.74) is 0.450. The lowest BCUT2D eigenvalue weighted by atomic mass is 10.0. The van der Waals surface area contributed by atoms with Gasteiger partial charge < -0.3 is 15.5 Å². The Labute approximate surface area is 172 Å². The number of rotatable bonds is 8. The number of halogens is 1. The average Bonchev–Trinajstić information content (AvgIpc) is 2.68. The van der Waals surface area contributed by atoms with E-state index in [1.54, 1.807) is 24.3 Å². The minimum atomic E-state index is -0.645. The van der Waals surface area contributed by atoms with Crippen LogP contribution in [0.25, 0.3) is 0 Å². The fraction of sp³-hybridized carbons (Fsp3) is 0.571. The molecule has 7 heteroatoms. The maximum absolute atomic E-state index is 12.6. The molecule has 1 fully saturated rings. The second kappa shape index (κ2) is 11.1. The van der Waals surface area contributed by atoms with Gasteiger partial charge in [0.1, 0.15) is 6.04 Å². The van der Waals surface area contributed by atoms with Gasteiger partial charge in [0, 0.05) is 36.6 Å². The predicted molar refractivity (Wildman–Crippen MR) is 110 cm³/mol. The first kappa shape index (κ1) is 22.2. The van der Waals surface area contributed by atoms with Crippen LogP contribution < -0.4 is 10.6 Å². The van der Waals surface area contributed by atoms with E-state index in [4.69, 9.17) is 11.6 Å². The first-order chi connectivity index (χ1) is 13.4. The zero-order valence-electron chi connectivity index (χ0n) is 16.7. The molecule has 1 aliphatic heterocycles. The second-order valence-corrected chi connectivity index (χ2v) is 8.08. The Bertz CT molecular complexity index is 670. The van der Waals surface area contributed by atoms with Crippen molar-refractivity contribution in [1.29, 1.82) is 0 Å². The highest BCUT2D eigenvalue weighted by atomic mass is 35.5. The fourth-order valence-electron chi connectivity index (χ4n) is 3.26. The first-order valence-electron chi connectivity index (χ1n) is 9.98. The number of likely N-dealkylation sites (tertiary alicyclic amines) is 1. The van der Waals surface area contributed by atoms with Crippen LogP contribution in [0.4, 0.5) is 0 Å². The molecule has 1 heterocycles. The molecule has 0 aliphatic carbocycles. The summed E-state index contributed by atoms with van der Waals surface area (Å²) in [6, 6.07) is 5.88. The molecule has 1 aromatic carbocycles. The van der Waals surface area contributed by atoms with Crippen molar-refractivity contribution in [2.24, 2.45) is 5.92 Å². The van der Waals surface area contributed by atoms with E-state index in [2.05, 4.69) is 10.6 Å². The number of hydrogen-bond acceptors (Lipinski definition) is 3. The molecule has 0 aromatic heterocycles. The van der Waals surface area contributed by atoms with Crippen molar-refractivity contribution in [2.75, 3.05) is 19.6 Å². The lowest BCUT2D eigenvalue weighted by Crippen LogP contribution is -2.48. The highest BCUT2D eigenvalue weighted by Gasteiger charge is 2.23. The summed E-state index contributed by atoms with van der Waals surface area (Å²) in [7, 11) is 0. The third-order valence-corrected chi connectivity index (χ3v) is 5.03. The van der Waals surface area contributed by atoms with Crippen LogP contribution in [0.1, 0.15) is 56.3 Å². The molecule has 0 spiro atoms. The number of nitrogens with zero attached hydrogens (tertiary/aromatic N) is 1. The van der Waals surface area contributed by atoms with Gasteiger partial charge in [0.25, 0.3) is 5.91 Å². The predicted octanol–water partition coefficient (Wildman–Crippen LogP) is 3.00. The van der Waals surface area contributed by atoms with Crippen LogP contribution in [-0.4, -0.2) is 48.3 Å². The van der Waals surface area contributed by atoms with Crippen LogP contribution in [0, 0.1) is 5.92 Å². The zero-order chi connectivity index (χ0) is 20.5. The molecule has 3 amide bonds. The summed E-state index contributed by atoms with van der Waals surface area (Å²) in [5, 5.41) is 6.15. The SMILES string of the molecule is CC(C)CC(NC(=O)c1ccc(Cl)cc1)C(=O)NCCC(=O)N1CCCCC1. The average molecular weight is 408 g/mol. The number of piperidine rings is 1. The molecule has 0 saturated carbocycles. The molecule has 2 rings (SSSR count). The minimum Gasteiger partial charge on any atom is -0.354 e. The highest BCUT2D eigenvalue weighted by Crippen LogP contribution is 2.12. The minimum absolute atomic E-state index is 0.0746. The van der Waals surface area contributed by atoms with Crippen LogP contribution >= 0.6 is 11.6 Å². The fourth-order valence-corrected chi connectivity index (χ4v) is 3.39. The summed E-state index contributed by atoms with van der Waals surface area (Å²) >= 11 is 5.85. The Balaban J connectivity index is 1.86. The van der Waals surface area contributed by atoms with Crippen LogP contribution in [0.2, 0.25) is 5.02 Å². The van der Waals surface area contributed by atoms with E-state index in [1.165, 1.54) is 6.42 Å². The van der Waals surface area contributed by atoms with Gasteiger partial charge in [-0.2, -0.15) is 0 Å². The number of hydrogen-bond donors (Lipinski definition) is 2. The summed E-state index contributed by atoms with van der Waals surface area (Å²) < 4.78 is 0. The molecule has 0 radical (unpaired) electrons. The highest BCUT2D eigenvalue weighted by molar-refractivity contribution is 6.30. The van der Waals surface area contributed by atoms with E-state index in [1.807, 2.05) is 18.7 Å². The molecule has 154 valence electrons. The summed E-state index contributed by atoms with van der Waals surface area (Å²) in [4.78, 5) is 39.1.